The van der Waals surface area contributed by atoms with Gasteiger partial charge in [0.15, 0.2) is 0 Å². The third-order valence-electron chi connectivity index (χ3n) is 3.00. The van der Waals surface area contributed by atoms with Gasteiger partial charge in [0.25, 0.3) is 0 Å². The van der Waals surface area contributed by atoms with Gasteiger partial charge in [0, 0.05) is 18.2 Å². The summed E-state index contributed by atoms with van der Waals surface area (Å²) in [6.45, 7) is 0. The highest BCUT2D eigenvalue weighted by atomic mass is 32.2. The first-order valence-corrected chi connectivity index (χ1v) is 7.65. The van der Waals surface area contributed by atoms with Crippen LogP contribution in [0.4, 0.5) is 4.39 Å². The van der Waals surface area contributed by atoms with Gasteiger partial charge in [0.1, 0.15) is 22.4 Å². The number of aromatic nitrogens is 1. The van der Waals surface area contributed by atoms with E-state index in [4.69, 9.17) is 9.84 Å². The number of methoxy groups -OCH3 is 1. The van der Waals surface area contributed by atoms with Gasteiger partial charge in [-0.1, -0.05) is 11.8 Å². The summed E-state index contributed by atoms with van der Waals surface area (Å²) in [4.78, 5) is 27.1. The molecule has 0 saturated heterocycles. The number of thioether (sulfide) groups is 1. The molecule has 0 spiro atoms. The standard InChI is InChI=1S/C16H14FNO4S/c1-22-14-5-4-11(17)7-10(14)8-12(19)9-23-15-13(16(20)21)3-2-6-18-15/h2-7H,8-9H2,1H3,(H,20,21). The number of Topliss-reactive ketones (excluding diaryl/α,β-unsaturated/α-hetero) is 1. The summed E-state index contributed by atoms with van der Waals surface area (Å²) in [7, 11) is 1.45. The third kappa shape index (κ3) is 4.53. The number of hydrogen-bond acceptors (Lipinski definition) is 5. The van der Waals surface area contributed by atoms with Crippen molar-refractivity contribution < 1.29 is 23.8 Å². The first kappa shape index (κ1) is 17.0. The Morgan fingerprint density at radius 2 is 2.13 bits per heavy atom. The van der Waals surface area contributed by atoms with E-state index in [0.29, 0.717) is 11.3 Å². The predicted molar refractivity (Wildman–Crippen MR) is 83.6 cm³/mol. The molecule has 0 bridgehead atoms. The predicted octanol–water partition coefficient (Wildman–Crippen LogP) is 2.83. The zero-order valence-electron chi connectivity index (χ0n) is 12.3. The van der Waals surface area contributed by atoms with Crippen molar-refractivity contribution in [3.8, 4) is 5.75 Å². The molecule has 0 aliphatic rings. The lowest BCUT2D eigenvalue weighted by Crippen LogP contribution is -2.08. The van der Waals surface area contributed by atoms with E-state index in [1.54, 1.807) is 0 Å². The van der Waals surface area contributed by atoms with Crippen LogP contribution in [0.15, 0.2) is 41.6 Å². The zero-order valence-corrected chi connectivity index (χ0v) is 13.1. The maximum atomic E-state index is 13.3. The molecular formula is C16H14FNO4S. The second-order valence-corrected chi connectivity index (χ2v) is 5.59. The Labute approximate surface area is 136 Å². The number of pyridine rings is 1. The average molecular weight is 335 g/mol. The molecule has 0 aliphatic carbocycles. The number of carboxylic acid groups (broad SMARTS) is 1. The lowest BCUT2D eigenvalue weighted by molar-refractivity contribution is -0.116. The lowest BCUT2D eigenvalue weighted by Gasteiger charge is -2.08. The largest absolute Gasteiger partial charge is 0.496 e. The van der Waals surface area contributed by atoms with Crippen molar-refractivity contribution in [1.82, 2.24) is 4.98 Å². The summed E-state index contributed by atoms with van der Waals surface area (Å²) in [5.41, 5.74) is 0.506. The van der Waals surface area contributed by atoms with Crippen LogP contribution < -0.4 is 4.74 Å². The highest BCUT2D eigenvalue weighted by Gasteiger charge is 2.14. The van der Waals surface area contributed by atoms with Crippen LogP contribution in [0.2, 0.25) is 0 Å². The number of nitrogens with zero attached hydrogens (tertiary/aromatic N) is 1. The topological polar surface area (TPSA) is 76.5 Å². The molecular weight excluding hydrogens is 321 g/mol. The average Bonchev–Trinajstić information content (AvgIpc) is 2.53. The highest BCUT2D eigenvalue weighted by molar-refractivity contribution is 8.00. The minimum absolute atomic E-state index is 0.00315. The molecule has 2 aromatic rings. The van der Waals surface area contributed by atoms with E-state index >= 15 is 0 Å². The fourth-order valence-electron chi connectivity index (χ4n) is 1.97. The number of carboxylic acids is 1. The van der Waals surface area contributed by atoms with Crippen molar-refractivity contribution in [3.63, 3.8) is 0 Å². The fraction of sp³-hybridized carbons (Fsp3) is 0.188. The summed E-state index contributed by atoms with van der Waals surface area (Å²) in [5.74, 6) is -1.24. The fourth-order valence-corrected chi connectivity index (χ4v) is 2.81. The van der Waals surface area contributed by atoms with Crippen molar-refractivity contribution in [1.29, 1.82) is 0 Å². The minimum Gasteiger partial charge on any atom is -0.496 e. The second kappa shape index (κ2) is 7.73. The van der Waals surface area contributed by atoms with Gasteiger partial charge in [-0.15, -0.1) is 0 Å². The van der Waals surface area contributed by atoms with Crippen molar-refractivity contribution in [2.75, 3.05) is 12.9 Å². The van der Waals surface area contributed by atoms with Crippen LogP contribution >= 0.6 is 11.8 Å². The molecule has 1 aromatic heterocycles. The molecule has 0 amide bonds. The van der Waals surface area contributed by atoms with Crippen molar-refractivity contribution in [2.45, 2.75) is 11.4 Å². The monoisotopic (exact) mass is 335 g/mol. The maximum Gasteiger partial charge on any atom is 0.338 e. The van der Waals surface area contributed by atoms with Crippen LogP contribution in [0.25, 0.3) is 0 Å². The molecule has 1 N–H and O–H groups in total. The lowest BCUT2D eigenvalue weighted by atomic mass is 10.1. The summed E-state index contributed by atoms with van der Waals surface area (Å²) in [5, 5.41) is 9.35. The van der Waals surface area contributed by atoms with Crippen LogP contribution in [0.5, 0.6) is 5.75 Å². The molecule has 0 fully saturated rings. The molecule has 5 nitrogen and oxygen atoms in total. The number of halogens is 1. The van der Waals surface area contributed by atoms with E-state index in [1.807, 2.05) is 0 Å². The van der Waals surface area contributed by atoms with Gasteiger partial charge in [-0.2, -0.15) is 0 Å². The van der Waals surface area contributed by atoms with Gasteiger partial charge in [0.05, 0.1) is 18.4 Å². The normalized spacial score (nSPS) is 10.3. The molecule has 0 saturated carbocycles. The summed E-state index contributed by atoms with van der Waals surface area (Å²) >= 11 is 1.04. The van der Waals surface area contributed by atoms with Crippen molar-refractivity contribution in [3.05, 3.63) is 53.5 Å². The minimum atomic E-state index is -1.10. The number of rotatable bonds is 7. The number of benzene rings is 1. The van der Waals surface area contributed by atoms with Crippen LogP contribution in [0.1, 0.15) is 15.9 Å². The molecule has 2 rings (SSSR count). The Balaban J connectivity index is 2.04. The molecule has 7 heteroatoms. The summed E-state index contributed by atoms with van der Waals surface area (Å²) in [6, 6.07) is 6.93. The number of ketones is 1. The van der Waals surface area contributed by atoms with Gasteiger partial charge < -0.3 is 9.84 Å². The van der Waals surface area contributed by atoms with Crippen molar-refractivity contribution in [2.24, 2.45) is 0 Å². The summed E-state index contributed by atoms with van der Waals surface area (Å²) in [6.07, 6.45) is 1.47. The number of carbonyl (C=O) groups is 2. The second-order valence-electron chi connectivity index (χ2n) is 4.62. The van der Waals surface area contributed by atoms with Crippen LogP contribution in [0, 0.1) is 5.82 Å². The van der Waals surface area contributed by atoms with Gasteiger partial charge >= 0.3 is 5.97 Å². The Morgan fingerprint density at radius 3 is 2.83 bits per heavy atom. The van der Waals surface area contributed by atoms with E-state index < -0.39 is 11.8 Å². The molecule has 0 atom stereocenters. The molecule has 0 radical (unpaired) electrons. The van der Waals surface area contributed by atoms with E-state index in [-0.39, 0.29) is 28.5 Å². The Morgan fingerprint density at radius 1 is 1.35 bits per heavy atom. The van der Waals surface area contributed by atoms with Gasteiger partial charge in [-0.05, 0) is 30.3 Å². The molecule has 0 aliphatic heterocycles. The van der Waals surface area contributed by atoms with Gasteiger partial charge in [0.2, 0.25) is 0 Å². The number of aromatic carboxylic acids is 1. The first-order valence-electron chi connectivity index (χ1n) is 6.66. The van der Waals surface area contributed by atoms with E-state index in [9.17, 15) is 14.0 Å². The smallest absolute Gasteiger partial charge is 0.338 e. The van der Waals surface area contributed by atoms with E-state index in [1.165, 1.54) is 43.6 Å². The van der Waals surface area contributed by atoms with Crippen molar-refractivity contribution >= 4 is 23.5 Å². The molecule has 1 aromatic carbocycles. The summed E-state index contributed by atoms with van der Waals surface area (Å²) < 4.78 is 18.4. The highest BCUT2D eigenvalue weighted by Crippen LogP contribution is 2.23. The van der Waals surface area contributed by atoms with Crippen LogP contribution in [-0.4, -0.2) is 34.7 Å². The quantitative estimate of drug-likeness (QED) is 0.784. The first-order chi connectivity index (χ1) is 11.0. The van der Waals surface area contributed by atoms with Gasteiger partial charge in [-0.25, -0.2) is 14.2 Å². The number of hydrogen-bond donors (Lipinski definition) is 1. The Bertz CT molecular complexity index is 736. The molecule has 120 valence electrons. The van der Waals surface area contributed by atoms with Crippen LogP contribution in [-0.2, 0) is 11.2 Å². The van der Waals surface area contributed by atoms with Crippen LogP contribution in [0.3, 0.4) is 0 Å². The maximum absolute atomic E-state index is 13.3. The Kier molecular flexibility index (Phi) is 5.70. The zero-order chi connectivity index (χ0) is 16.8. The molecule has 0 unspecified atom stereocenters. The molecule has 1 heterocycles. The van der Waals surface area contributed by atoms with E-state index in [2.05, 4.69) is 4.98 Å². The van der Waals surface area contributed by atoms with Gasteiger partial charge in [-0.3, -0.25) is 4.79 Å². The molecule has 23 heavy (non-hydrogen) atoms. The Hall–Kier alpha value is -2.41. The SMILES string of the molecule is COc1ccc(F)cc1CC(=O)CSc1ncccc1C(=O)O. The number of carbonyl (C=O) groups excluding carboxylic acids is 1. The van der Waals surface area contributed by atoms with E-state index in [0.717, 1.165) is 11.8 Å². The third-order valence-corrected chi connectivity index (χ3v) is 4.07. The number of ether oxygens (including phenoxy) is 1.